The summed E-state index contributed by atoms with van der Waals surface area (Å²) < 4.78 is 1.74. The van der Waals surface area contributed by atoms with E-state index in [1.807, 2.05) is 31.2 Å². The minimum absolute atomic E-state index is 0.789. The number of tetrazole rings is 1. The molecule has 0 bridgehead atoms. The normalized spacial score (nSPS) is 10.5. The van der Waals surface area contributed by atoms with Crippen LogP contribution in [0.3, 0.4) is 0 Å². The molecular weight excluding hydrogens is 232 g/mol. The molecular formula is C12H14N4S. The first-order valence-electron chi connectivity index (χ1n) is 5.29. The molecule has 2 rings (SSSR count). The van der Waals surface area contributed by atoms with Crippen LogP contribution in [0.25, 0.3) is 5.69 Å². The van der Waals surface area contributed by atoms with E-state index >= 15 is 0 Å². The van der Waals surface area contributed by atoms with E-state index in [9.17, 15) is 0 Å². The van der Waals surface area contributed by atoms with Crippen LogP contribution in [0.15, 0.2) is 41.6 Å². The van der Waals surface area contributed by atoms with Crippen LogP contribution < -0.4 is 0 Å². The monoisotopic (exact) mass is 246 g/mol. The minimum atomic E-state index is 0.789. The molecule has 5 heteroatoms. The van der Waals surface area contributed by atoms with Gasteiger partial charge in [-0.15, -0.1) is 5.10 Å². The van der Waals surface area contributed by atoms with E-state index in [0.29, 0.717) is 0 Å². The highest BCUT2D eigenvalue weighted by atomic mass is 32.2. The van der Waals surface area contributed by atoms with Crippen LogP contribution in [0.1, 0.15) is 12.5 Å². The van der Waals surface area contributed by atoms with E-state index in [-0.39, 0.29) is 0 Å². The van der Waals surface area contributed by atoms with Crippen molar-refractivity contribution in [3.05, 3.63) is 42.0 Å². The first-order chi connectivity index (χ1) is 8.16. The van der Waals surface area contributed by atoms with Crippen molar-refractivity contribution in [2.24, 2.45) is 0 Å². The lowest BCUT2D eigenvalue weighted by molar-refractivity contribution is 0.756. The number of thioether (sulfide) groups is 1. The van der Waals surface area contributed by atoms with Gasteiger partial charge in [-0.2, -0.15) is 4.68 Å². The Morgan fingerprint density at radius 2 is 2.06 bits per heavy atom. The van der Waals surface area contributed by atoms with Crippen LogP contribution in [-0.4, -0.2) is 26.0 Å². The quantitative estimate of drug-likeness (QED) is 0.614. The maximum absolute atomic E-state index is 4.01. The van der Waals surface area contributed by atoms with Crippen LogP contribution in [-0.2, 0) is 0 Å². The van der Waals surface area contributed by atoms with Crippen LogP contribution >= 0.6 is 11.8 Å². The fraction of sp³-hybridized carbons (Fsp3) is 0.250. The molecule has 0 atom stereocenters. The second kappa shape index (κ2) is 5.14. The zero-order chi connectivity index (χ0) is 12.3. The molecule has 1 aromatic heterocycles. The Kier molecular flexibility index (Phi) is 3.58. The van der Waals surface area contributed by atoms with Crippen molar-refractivity contribution in [3.63, 3.8) is 0 Å². The fourth-order valence-electron chi connectivity index (χ4n) is 1.30. The predicted molar refractivity (Wildman–Crippen MR) is 69.4 cm³/mol. The van der Waals surface area contributed by atoms with Gasteiger partial charge >= 0.3 is 0 Å². The van der Waals surface area contributed by atoms with Crippen molar-refractivity contribution in [1.29, 1.82) is 0 Å². The Morgan fingerprint density at radius 1 is 1.35 bits per heavy atom. The molecule has 17 heavy (non-hydrogen) atoms. The molecule has 2 aromatic rings. The smallest absolute Gasteiger partial charge is 0.188 e. The maximum Gasteiger partial charge on any atom is 0.214 e. The predicted octanol–water partition coefficient (Wildman–Crippen LogP) is 2.64. The number of rotatable bonds is 4. The lowest BCUT2D eigenvalue weighted by Crippen LogP contribution is -1.99. The molecule has 4 nitrogen and oxygen atoms in total. The molecule has 0 aliphatic rings. The maximum atomic E-state index is 4.01. The van der Waals surface area contributed by atoms with Gasteiger partial charge in [-0.1, -0.05) is 41.6 Å². The van der Waals surface area contributed by atoms with Gasteiger partial charge in [0.2, 0.25) is 5.16 Å². The summed E-state index contributed by atoms with van der Waals surface area (Å²) in [5.74, 6) is 0.826. The molecule has 0 spiro atoms. The number of hydrogen-bond donors (Lipinski definition) is 0. The number of aryl methyl sites for hydroxylation is 1. The van der Waals surface area contributed by atoms with Crippen molar-refractivity contribution in [1.82, 2.24) is 20.2 Å². The van der Waals surface area contributed by atoms with Gasteiger partial charge in [-0.3, -0.25) is 0 Å². The van der Waals surface area contributed by atoms with Gasteiger partial charge in [0.15, 0.2) is 0 Å². The van der Waals surface area contributed by atoms with Crippen molar-refractivity contribution in [2.75, 3.05) is 5.75 Å². The topological polar surface area (TPSA) is 43.6 Å². The first-order valence-corrected chi connectivity index (χ1v) is 6.28. The number of benzene rings is 1. The molecule has 0 aliphatic heterocycles. The third-order valence-electron chi connectivity index (χ3n) is 2.17. The largest absolute Gasteiger partial charge is 0.214 e. The molecule has 1 aromatic carbocycles. The molecule has 88 valence electrons. The third kappa shape index (κ3) is 2.94. The molecule has 0 unspecified atom stereocenters. The number of nitrogens with zero attached hydrogens (tertiary/aromatic N) is 4. The summed E-state index contributed by atoms with van der Waals surface area (Å²) in [6.07, 6.45) is 0. The second-order valence-electron chi connectivity index (χ2n) is 3.95. The first kappa shape index (κ1) is 11.9. The zero-order valence-corrected chi connectivity index (χ0v) is 10.7. The average molecular weight is 246 g/mol. The lowest BCUT2D eigenvalue weighted by Gasteiger charge is -2.04. The number of hydrogen-bond acceptors (Lipinski definition) is 4. The number of aromatic nitrogens is 4. The van der Waals surface area contributed by atoms with Crippen LogP contribution in [0.2, 0.25) is 0 Å². The van der Waals surface area contributed by atoms with Gasteiger partial charge < -0.3 is 0 Å². The van der Waals surface area contributed by atoms with Gasteiger partial charge in [0.05, 0.1) is 5.69 Å². The SMILES string of the molecule is C=C(C)CSc1nnnn1-c1ccc(C)cc1. The molecule has 0 radical (unpaired) electrons. The van der Waals surface area contributed by atoms with Gasteiger partial charge in [-0.25, -0.2) is 0 Å². The lowest BCUT2D eigenvalue weighted by atomic mass is 10.2. The Bertz CT molecular complexity index is 516. The minimum Gasteiger partial charge on any atom is -0.188 e. The Balaban J connectivity index is 2.24. The molecule has 0 saturated heterocycles. The highest BCUT2D eigenvalue weighted by Crippen LogP contribution is 2.19. The van der Waals surface area contributed by atoms with Gasteiger partial charge in [-0.05, 0) is 36.4 Å². The summed E-state index contributed by atoms with van der Waals surface area (Å²) in [6.45, 7) is 7.92. The van der Waals surface area contributed by atoms with Gasteiger partial charge in [0, 0.05) is 5.75 Å². The van der Waals surface area contributed by atoms with Crippen LogP contribution in [0.5, 0.6) is 0 Å². The summed E-state index contributed by atoms with van der Waals surface area (Å²) in [4.78, 5) is 0. The van der Waals surface area contributed by atoms with Crippen LogP contribution in [0, 0.1) is 6.92 Å². The Hall–Kier alpha value is -1.62. The molecule has 0 amide bonds. The highest BCUT2D eigenvalue weighted by molar-refractivity contribution is 7.99. The second-order valence-corrected chi connectivity index (χ2v) is 4.90. The zero-order valence-electron chi connectivity index (χ0n) is 9.92. The average Bonchev–Trinajstić information content (AvgIpc) is 2.75. The van der Waals surface area contributed by atoms with E-state index in [2.05, 4.69) is 29.0 Å². The molecule has 0 aliphatic carbocycles. The standard InChI is InChI=1S/C12H14N4S/c1-9(2)8-17-12-13-14-15-16(12)11-6-4-10(3)5-7-11/h4-7H,1,8H2,2-3H3. The van der Waals surface area contributed by atoms with Gasteiger partial charge in [0.1, 0.15) is 0 Å². The van der Waals surface area contributed by atoms with Crippen molar-refractivity contribution < 1.29 is 0 Å². The van der Waals surface area contributed by atoms with Gasteiger partial charge in [0.25, 0.3) is 0 Å². The summed E-state index contributed by atoms with van der Waals surface area (Å²) in [5, 5.41) is 12.5. The summed E-state index contributed by atoms with van der Waals surface area (Å²) in [7, 11) is 0. The highest BCUT2D eigenvalue weighted by Gasteiger charge is 2.08. The molecule has 1 heterocycles. The van der Waals surface area contributed by atoms with Crippen LogP contribution in [0.4, 0.5) is 0 Å². The van der Waals surface area contributed by atoms with Crippen molar-refractivity contribution >= 4 is 11.8 Å². The summed E-state index contributed by atoms with van der Waals surface area (Å²) in [6, 6.07) is 8.11. The molecule has 0 saturated carbocycles. The Labute approximate surface area is 105 Å². The van der Waals surface area contributed by atoms with E-state index in [4.69, 9.17) is 0 Å². The summed E-state index contributed by atoms with van der Waals surface area (Å²) in [5.41, 5.74) is 3.30. The van der Waals surface area contributed by atoms with Crippen molar-refractivity contribution in [3.8, 4) is 5.69 Å². The van der Waals surface area contributed by atoms with E-state index < -0.39 is 0 Å². The third-order valence-corrected chi connectivity index (χ3v) is 3.32. The Morgan fingerprint density at radius 3 is 2.71 bits per heavy atom. The van der Waals surface area contributed by atoms with Crippen molar-refractivity contribution in [2.45, 2.75) is 19.0 Å². The van der Waals surface area contributed by atoms with E-state index in [0.717, 1.165) is 22.2 Å². The van der Waals surface area contributed by atoms with E-state index in [1.54, 1.807) is 16.4 Å². The molecule has 0 fully saturated rings. The molecule has 0 N–H and O–H groups in total. The fourth-order valence-corrected chi connectivity index (χ4v) is 2.04. The van der Waals surface area contributed by atoms with E-state index in [1.165, 1.54) is 5.56 Å². The summed E-state index contributed by atoms with van der Waals surface area (Å²) >= 11 is 1.59.